The van der Waals surface area contributed by atoms with Crippen LogP contribution in [0.4, 0.5) is 11.4 Å². The number of nitrogens with two attached hydrogens (primary N) is 1. The molecule has 1 fully saturated rings. The van der Waals surface area contributed by atoms with E-state index < -0.39 is 0 Å². The molecule has 0 saturated carbocycles. The quantitative estimate of drug-likeness (QED) is 0.826. The Morgan fingerprint density at radius 2 is 2.38 bits per heavy atom. The van der Waals surface area contributed by atoms with Crippen molar-refractivity contribution < 1.29 is 4.79 Å². The highest BCUT2D eigenvalue weighted by atomic mass is 79.9. The van der Waals surface area contributed by atoms with Gasteiger partial charge in [-0.3, -0.25) is 4.79 Å². The fourth-order valence-electron chi connectivity index (χ4n) is 1.61. The van der Waals surface area contributed by atoms with Crippen molar-refractivity contribution in [2.45, 2.75) is 6.42 Å². The van der Waals surface area contributed by atoms with Crippen molar-refractivity contribution in [1.29, 1.82) is 0 Å². The average Bonchev–Trinajstić information content (AvgIpc) is 2.76. The van der Waals surface area contributed by atoms with Gasteiger partial charge in [-0.25, -0.2) is 0 Å². The molecule has 0 radical (unpaired) electrons. The van der Waals surface area contributed by atoms with E-state index in [1.165, 1.54) is 0 Å². The van der Waals surface area contributed by atoms with Crippen LogP contribution in [0.5, 0.6) is 0 Å². The van der Waals surface area contributed by atoms with Gasteiger partial charge in [-0.05, 0) is 46.3 Å². The standard InChI is InChI=1S/C11H13BrN2OS/c12-9-2-1-8(13)5-10(9)14-11(15)7-3-4-16-6-7/h1-2,5,7H,3-4,6,13H2,(H,14,15). The van der Waals surface area contributed by atoms with E-state index in [1.807, 2.05) is 17.8 Å². The molecule has 1 aromatic carbocycles. The van der Waals surface area contributed by atoms with Gasteiger partial charge in [0, 0.05) is 21.8 Å². The molecule has 86 valence electrons. The van der Waals surface area contributed by atoms with Crippen molar-refractivity contribution in [3.05, 3.63) is 22.7 Å². The summed E-state index contributed by atoms with van der Waals surface area (Å²) in [5.74, 6) is 2.23. The molecule has 1 aromatic rings. The van der Waals surface area contributed by atoms with Gasteiger partial charge >= 0.3 is 0 Å². The number of amides is 1. The molecule has 1 saturated heterocycles. The van der Waals surface area contributed by atoms with Crippen LogP contribution in [0.1, 0.15) is 6.42 Å². The number of hydrogen-bond acceptors (Lipinski definition) is 3. The fourth-order valence-corrected chi connectivity index (χ4v) is 3.18. The van der Waals surface area contributed by atoms with E-state index in [9.17, 15) is 4.79 Å². The SMILES string of the molecule is Nc1ccc(Br)c(NC(=O)C2CCSC2)c1. The van der Waals surface area contributed by atoms with Crippen molar-refractivity contribution in [1.82, 2.24) is 0 Å². The number of thioether (sulfide) groups is 1. The smallest absolute Gasteiger partial charge is 0.228 e. The Labute approximate surface area is 107 Å². The summed E-state index contributed by atoms with van der Waals surface area (Å²) in [4.78, 5) is 11.9. The molecule has 0 bridgehead atoms. The number of hydrogen-bond donors (Lipinski definition) is 2. The Morgan fingerprint density at radius 1 is 1.56 bits per heavy atom. The summed E-state index contributed by atoms with van der Waals surface area (Å²) in [5, 5.41) is 2.91. The molecule has 1 amide bonds. The Kier molecular flexibility index (Phi) is 3.76. The summed E-state index contributed by atoms with van der Waals surface area (Å²) < 4.78 is 0.862. The maximum Gasteiger partial charge on any atom is 0.228 e. The number of anilines is 2. The number of halogens is 1. The topological polar surface area (TPSA) is 55.1 Å². The van der Waals surface area contributed by atoms with Gasteiger partial charge < -0.3 is 11.1 Å². The average molecular weight is 301 g/mol. The highest BCUT2D eigenvalue weighted by Crippen LogP contribution is 2.28. The Morgan fingerprint density at radius 3 is 3.06 bits per heavy atom. The number of nitrogen functional groups attached to an aromatic ring is 1. The van der Waals surface area contributed by atoms with Crippen LogP contribution in [0, 0.1) is 5.92 Å². The zero-order valence-electron chi connectivity index (χ0n) is 8.70. The van der Waals surface area contributed by atoms with Gasteiger partial charge in [-0.15, -0.1) is 0 Å². The summed E-state index contributed by atoms with van der Waals surface area (Å²) in [7, 11) is 0. The minimum absolute atomic E-state index is 0.0938. The molecule has 3 N–H and O–H groups in total. The van der Waals surface area contributed by atoms with Crippen LogP contribution >= 0.6 is 27.7 Å². The first kappa shape index (κ1) is 11.8. The van der Waals surface area contributed by atoms with E-state index in [1.54, 1.807) is 12.1 Å². The van der Waals surface area contributed by atoms with Crippen molar-refractivity contribution in [3.63, 3.8) is 0 Å². The highest BCUT2D eigenvalue weighted by molar-refractivity contribution is 9.10. The van der Waals surface area contributed by atoms with Crippen LogP contribution in [-0.2, 0) is 4.79 Å². The van der Waals surface area contributed by atoms with Crippen LogP contribution in [0.25, 0.3) is 0 Å². The third-order valence-corrected chi connectivity index (χ3v) is 4.40. The van der Waals surface area contributed by atoms with E-state index in [0.717, 1.165) is 28.1 Å². The lowest BCUT2D eigenvalue weighted by molar-refractivity contribution is -0.119. The van der Waals surface area contributed by atoms with Gasteiger partial charge in [0.2, 0.25) is 5.91 Å². The highest BCUT2D eigenvalue weighted by Gasteiger charge is 2.23. The third-order valence-electron chi connectivity index (χ3n) is 2.55. The lowest BCUT2D eigenvalue weighted by atomic mass is 10.1. The molecular formula is C11H13BrN2OS. The molecule has 5 heteroatoms. The number of carbonyl (C=O) groups excluding carboxylic acids is 1. The molecular weight excluding hydrogens is 288 g/mol. The number of rotatable bonds is 2. The van der Waals surface area contributed by atoms with Crippen LogP contribution in [0.15, 0.2) is 22.7 Å². The molecule has 2 rings (SSSR count). The molecule has 1 aliphatic heterocycles. The number of carbonyl (C=O) groups is 1. The summed E-state index contributed by atoms with van der Waals surface area (Å²) in [6.07, 6.45) is 0.969. The second kappa shape index (κ2) is 5.10. The molecule has 0 spiro atoms. The van der Waals surface area contributed by atoms with Crippen molar-refractivity contribution >= 4 is 45.0 Å². The van der Waals surface area contributed by atoms with Crippen molar-refractivity contribution in [3.8, 4) is 0 Å². The minimum Gasteiger partial charge on any atom is -0.399 e. The first-order valence-corrected chi connectivity index (χ1v) is 7.05. The molecule has 3 nitrogen and oxygen atoms in total. The first-order chi connectivity index (χ1) is 7.66. The summed E-state index contributed by atoms with van der Waals surface area (Å²) in [5.41, 5.74) is 7.08. The molecule has 0 aromatic heterocycles. The summed E-state index contributed by atoms with van der Waals surface area (Å²) >= 11 is 5.22. The number of benzene rings is 1. The largest absolute Gasteiger partial charge is 0.399 e. The van der Waals surface area contributed by atoms with Gasteiger partial charge in [-0.1, -0.05) is 0 Å². The summed E-state index contributed by atoms with van der Waals surface area (Å²) in [6.45, 7) is 0. The van der Waals surface area contributed by atoms with E-state index in [2.05, 4.69) is 21.2 Å². The maximum atomic E-state index is 11.9. The predicted octanol–water partition coefficient (Wildman–Crippen LogP) is 2.72. The zero-order chi connectivity index (χ0) is 11.5. The van der Waals surface area contributed by atoms with E-state index in [4.69, 9.17) is 5.73 Å². The molecule has 0 aliphatic carbocycles. The Hall–Kier alpha value is -0.680. The van der Waals surface area contributed by atoms with Crippen LogP contribution in [-0.4, -0.2) is 17.4 Å². The molecule has 16 heavy (non-hydrogen) atoms. The monoisotopic (exact) mass is 300 g/mol. The Balaban J connectivity index is 2.07. The van der Waals surface area contributed by atoms with Gasteiger partial charge in [0.05, 0.1) is 5.69 Å². The van der Waals surface area contributed by atoms with Crippen LogP contribution in [0.3, 0.4) is 0 Å². The van der Waals surface area contributed by atoms with Crippen molar-refractivity contribution in [2.75, 3.05) is 22.6 Å². The maximum absolute atomic E-state index is 11.9. The van der Waals surface area contributed by atoms with Gasteiger partial charge in [0.25, 0.3) is 0 Å². The molecule has 1 unspecified atom stereocenters. The predicted molar refractivity (Wildman–Crippen MR) is 72.6 cm³/mol. The molecule has 1 heterocycles. The first-order valence-electron chi connectivity index (χ1n) is 5.10. The molecule has 1 aliphatic rings. The van der Waals surface area contributed by atoms with Gasteiger partial charge in [-0.2, -0.15) is 11.8 Å². The second-order valence-corrected chi connectivity index (χ2v) is 5.79. The van der Waals surface area contributed by atoms with E-state index in [-0.39, 0.29) is 11.8 Å². The van der Waals surface area contributed by atoms with Gasteiger partial charge in [0.1, 0.15) is 0 Å². The fraction of sp³-hybridized carbons (Fsp3) is 0.364. The van der Waals surface area contributed by atoms with Gasteiger partial charge in [0.15, 0.2) is 0 Å². The Bertz CT molecular complexity index is 405. The lowest BCUT2D eigenvalue weighted by Crippen LogP contribution is -2.22. The van der Waals surface area contributed by atoms with E-state index >= 15 is 0 Å². The normalized spacial score (nSPS) is 19.7. The number of nitrogens with one attached hydrogen (secondary N) is 1. The van der Waals surface area contributed by atoms with Crippen LogP contribution in [0.2, 0.25) is 0 Å². The zero-order valence-corrected chi connectivity index (χ0v) is 11.1. The molecule has 1 atom stereocenters. The second-order valence-electron chi connectivity index (χ2n) is 3.79. The van der Waals surface area contributed by atoms with E-state index in [0.29, 0.717) is 5.69 Å². The third kappa shape index (κ3) is 2.71. The summed E-state index contributed by atoms with van der Waals surface area (Å²) in [6, 6.07) is 5.41. The minimum atomic E-state index is 0.0938. The lowest BCUT2D eigenvalue weighted by Gasteiger charge is -2.11. The van der Waals surface area contributed by atoms with Crippen LogP contribution < -0.4 is 11.1 Å². The van der Waals surface area contributed by atoms with Crippen molar-refractivity contribution in [2.24, 2.45) is 5.92 Å².